The Labute approximate surface area is 114 Å². The fourth-order valence-corrected chi connectivity index (χ4v) is 3.67. The lowest BCUT2D eigenvalue weighted by molar-refractivity contribution is 0.468. The van der Waals surface area contributed by atoms with Crippen molar-refractivity contribution >= 4 is 43.4 Å². The summed E-state index contributed by atoms with van der Waals surface area (Å²) in [5.74, 6) is 0.699. The molecule has 2 nitrogen and oxygen atoms in total. The van der Waals surface area contributed by atoms with Crippen LogP contribution in [0.25, 0.3) is 10.9 Å². The van der Waals surface area contributed by atoms with Gasteiger partial charge in [-0.3, -0.25) is 0 Å². The molecule has 3 rings (SSSR count). The molecule has 2 aromatic rings. The maximum absolute atomic E-state index is 4.53. The number of aromatic nitrogens is 1. The van der Waals surface area contributed by atoms with Crippen LogP contribution in [0.3, 0.4) is 0 Å². The molecule has 1 aromatic carbocycles. The SMILES string of the molecule is CC1CN(c2snc3ccccc23)CCC1Br. The lowest BCUT2D eigenvalue weighted by atomic mass is 10.0. The molecule has 0 aliphatic carbocycles. The normalized spacial score (nSPS) is 25.4. The third kappa shape index (κ3) is 2.08. The molecular formula is C13H15BrN2S. The summed E-state index contributed by atoms with van der Waals surface area (Å²) in [5.41, 5.74) is 1.13. The Kier molecular flexibility index (Phi) is 3.09. The van der Waals surface area contributed by atoms with E-state index in [0.29, 0.717) is 10.7 Å². The number of benzene rings is 1. The van der Waals surface area contributed by atoms with Crippen LogP contribution in [-0.4, -0.2) is 22.3 Å². The van der Waals surface area contributed by atoms with E-state index in [1.807, 2.05) is 0 Å². The molecule has 1 aromatic heterocycles. The summed E-state index contributed by atoms with van der Waals surface area (Å²) in [4.78, 5) is 3.15. The van der Waals surface area contributed by atoms with Gasteiger partial charge in [-0.05, 0) is 36.0 Å². The molecule has 2 atom stereocenters. The molecule has 0 amide bonds. The van der Waals surface area contributed by atoms with Crippen LogP contribution in [0.2, 0.25) is 0 Å². The zero-order valence-electron chi connectivity index (χ0n) is 9.77. The number of piperidine rings is 1. The molecule has 0 spiro atoms. The molecule has 2 heterocycles. The smallest absolute Gasteiger partial charge is 0.119 e. The molecule has 0 bridgehead atoms. The van der Waals surface area contributed by atoms with E-state index in [9.17, 15) is 0 Å². The van der Waals surface area contributed by atoms with E-state index in [4.69, 9.17) is 0 Å². The van der Waals surface area contributed by atoms with Crippen molar-refractivity contribution in [3.63, 3.8) is 0 Å². The Morgan fingerprint density at radius 2 is 2.24 bits per heavy atom. The second-order valence-electron chi connectivity index (χ2n) is 4.73. The highest BCUT2D eigenvalue weighted by atomic mass is 79.9. The molecule has 0 saturated carbocycles. The van der Waals surface area contributed by atoms with E-state index < -0.39 is 0 Å². The van der Waals surface area contributed by atoms with Gasteiger partial charge in [-0.25, -0.2) is 0 Å². The summed E-state index contributed by atoms with van der Waals surface area (Å²) in [5, 5.41) is 2.64. The van der Waals surface area contributed by atoms with Crippen LogP contribution in [0.5, 0.6) is 0 Å². The van der Waals surface area contributed by atoms with Gasteiger partial charge in [0.15, 0.2) is 0 Å². The highest BCUT2D eigenvalue weighted by Crippen LogP contribution is 2.35. The van der Waals surface area contributed by atoms with Gasteiger partial charge in [0, 0.05) is 23.3 Å². The monoisotopic (exact) mass is 310 g/mol. The molecule has 17 heavy (non-hydrogen) atoms. The Bertz CT molecular complexity index is 525. The Balaban J connectivity index is 1.94. The summed E-state index contributed by atoms with van der Waals surface area (Å²) in [6.45, 7) is 4.57. The second kappa shape index (κ2) is 4.58. The molecule has 4 heteroatoms. The van der Waals surface area contributed by atoms with E-state index in [0.717, 1.165) is 18.6 Å². The summed E-state index contributed by atoms with van der Waals surface area (Å²) in [6, 6.07) is 8.43. The van der Waals surface area contributed by atoms with E-state index in [-0.39, 0.29) is 0 Å². The van der Waals surface area contributed by atoms with Gasteiger partial charge in [0.2, 0.25) is 0 Å². The Morgan fingerprint density at radius 3 is 3.06 bits per heavy atom. The molecule has 0 N–H and O–H groups in total. The van der Waals surface area contributed by atoms with E-state index in [2.05, 4.69) is 56.4 Å². The highest BCUT2D eigenvalue weighted by molar-refractivity contribution is 9.09. The maximum atomic E-state index is 4.53. The van der Waals surface area contributed by atoms with Crippen molar-refractivity contribution in [2.24, 2.45) is 5.92 Å². The van der Waals surface area contributed by atoms with Gasteiger partial charge >= 0.3 is 0 Å². The standard InChI is InChI=1S/C13H15BrN2S/c1-9-8-16(7-6-11(9)14)13-10-4-2-3-5-12(10)15-17-13/h2-5,9,11H,6-8H2,1H3. The Hall–Kier alpha value is -0.610. The predicted octanol–water partition coefficient (Wildman–Crippen LogP) is 3.91. The molecule has 1 fully saturated rings. The molecule has 1 aliphatic heterocycles. The lowest BCUT2D eigenvalue weighted by Crippen LogP contribution is -2.39. The van der Waals surface area contributed by atoms with Crippen molar-refractivity contribution < 1.29 is 0 Å². The summed E-state index contributed by atoms with van der Waals surface area (Å²) in [7, 11) is 0. The molecular weight excluding hydrogens is 296 g/mol. The van der Waals surface area contributed by atoms with Gasteiger partial charge in [-0.15, -0.1) is 0 Å². The highest BCUT2D eigenvalue weighted by Gasteiger charge is 2.25. The first kappa shape index (κ1) is 11.5. The number of alkyl halides is 1. The van der Waals surface area contributed by atoms with Crippen LogP contribution < -0.4 is 4.90 Å². The molecule has 0 radical (unpaired) electrons. The lowest BCUT2D eigenvalue weighted by Gasteiger charge is -2.34. The van der Waals surface area contributed by atoms with Gasteiger partial charge in [0.25, 0.3) is 0 Å². The zero-order chi connectivity index (χ0) is 11.8. The second-order valence-corrected chi connectivity index (χ2v) is 6.66. The number of fused-ring (bicyclic) bond motifs is 1. The number of halogens is 1. The number of hydrogen-bond donors (Lipinski definition) is 0. The quantitative estimate of drug-likeness (QED) is 0.742. The molecule has 1 aliphatic rings. The van der Waals surface area contributed by atoms with Crippen LogP contribution in [0.1, 0.15) is 13.3 Å². The van der Waals surface area contributed by atoms with Crippen LogP contribution in [0.15, 0.2) is 24.3 Å². The number of anilines is 1. The topological polar surface area (TPSA) is 16.1 Å². The molecule has 90 valence electrons. The first-order valence-corrected chi connectivity index (χ1v) is 7.68. The minimum absolute atomic E-state index is 0.665. The van der Waals surface area contributed by atoms with E-state index >= 15 is 0 Å². The fraction of sp³-hybridized carbons (Fsp3) is 0.462. The minimum Gasteiger partial charge on any atom is -0.361 e. The summed E-state index contributed by atoms with van der Waals surface area (Å²) < 4.78 is 4.53. The number of rotatable bonds is 1. The number of nitrogens with zero attached hydrogens (tertiary/aromatic N) is 2. The van der Waals surface area contributed by atoms with Crippen molar-refractivity contribution in [2.45, 2.75) is 18.2 Å². The predicted molar refractivity (Wildman–Crippen MR) is 78.3 cm³/mol. The van der Waals surface area contributed by atoms with E-state index in [1.54, 1.807) is 11.5 Å². The van der Waals surface area contributed by atoms with Crippen molar-refractivity contribution in [3.8, 4) is 0 Å². The average Bonchev–Trinajstić information content (AvgIpc) is 2.76. The van der Waals surface area contributed by atoms with Crippen LogP contribution in [0.4, 0.5) is 5.00 Å². The van der Waals surface area contributed by atoms with Gasteiger partial charge < -0.3 is 4.90 Å². The third-order valence-corrected chi connectivity index (χ3v) is 5.75. The number of hydrogen-bond acceptors (Lipinski definition) is 3. The van der Waals surface area contributed by atoms with Gasteiger partial charge in [-0.2, -0.15) is 4.37 Å². The zero-order valence-corrected chi connectivity index (χ0v) is 12.2. The van der Waals surface area contributed by atoms with Gasteiger partial charge in [-0.1, -0.05) is 35.0 Å². The molecule has 1 saturated heterocycles. The fourth-order valence-electron chi connectivity index (χ4n) is 2.41. The Morgan fingerprint density at radius 1 is 1.41 bits per heavy atom. The van der Waals surface area contributed by atoms with Gasteiger partial charge in [0.1, 0.15) is 5.00 Å². The van der Waals surface area contributed by atoms with Crippen LogP contribution in [0, 0.1) is 5.92 Å². The summed E-state index contributed by atoms with van der Waals surface area (Å²) >= 11 is 5.39. The van der Waals surface area contributed by atoms with Crippen LogP contribution >= 0.6 is 27.5 Å². The molecule has 2 unspecified atom stereocenters. The average molecular weight is 311 g/mol. The van der Waals surface area contributed by atoms with Crippen LogP contribution in [-0.2, 0) is 0 Å². The third-order valence-electron chi connectivity index (χ3n) is 3.45. The first-order chi connectivity index (χ1) is 8.25. The van der Waals surface area contributed by atoms with E-state index in [1.165, 1.54) is 16.8 Å². The van der Waals surface area contributed by atoms with Gasteiger partial charge in [0.05, 0.1) is 5.52 Å². The summed E-state index contributed by atoms with van der Waals surface area (Å²) in [6.07, 6.45) is 1.22. The largest absolute Gasteiger partial charge is 0.361 e. The maximum Gasteiger partial charge on any atom is 0.119 e. The minimum atomic E-state index is 0.665. The van der Waals surface area contributed by atoms with Crippen molar-refractivity contribution in [1.82, 2.24) is 4.37 Å². The van der Waals surface area contributed by atoms with Crippen molar-refractivity contribution in [2.75, 3.05) is 18.0 Å². The first-order valence-electron chi connectivity index (χ1n) is 5.99. The van der Waals surface area contributed by atoms with Crippen molar-refractivity contribution in [1.29, 1.82) is 0 Å². The van der Waals surface area contributed by atoms with Crippen molar-refractivity contribution in [3.05, 3.63) is 24.3 Å².